The molecule has 148 valence electrons. The first-order chi connectivity index (χ1) is 12.7. The van der Waals surface area contributed by atoms with E-state index in [1.165, 1.54) is 0 Å². The lowest BCUT2D eigenvalue weighted by Crippen LogP contribution is -2.54. The molecular formula is C16H21N3O7S. The Morgan fingerprint density at radius 3 is 2.63 bits per heavy atom. The molecule has 1 aromatic carbocycles. The van der Waals surface area contributed by atoms with Gasteiger partial charge in [0.05, 0.1) is 0 Å². The Morgan fingerprint density at radius 2 is 2.00 bits per heavy atom. The standard InChI is InChI=1S/C16H21N3O7S/c1-9(2)13(16(21)22)17-14-15(20)18-27(23,24)19(14)8-10-3-4-11-12(7-10)26-6-5-25-11/h3-4,7,9,13-14,17H,5-6,8H2,1-2H3,(H,18,20)(H,21,22)/t13-,14+/m0/s1. The second-order valence-electron chi connectivity index (χ2n) is 6.62. The van der Waals surface area contributed by atoms with Gasteiger partial charge in [-0.05, 0) is 23.6 Å². The molecule has 2 aliphatic rings. The molecule has 2 heterocycles. The molecule has 3 rings (SSSR count). The summed E-state index contributed by atoms with van der Waals surface area (Å²) in [5.74, 6) is -1.29. The van der Waals surface area contributed by atoms with E-state index in [2.05, 4.69) is 5.32 Å². The van der Waals surface area contributed by atoms with Crippen LogP contribution in [0, 0.1) is 5.92 Å². The molecule has 11 heteroatoms. The SMILES string of the molecule is CC(C)[C@H](N[C@H]1C(=O)NS(=O)(=O)N1Cc1ccc2c(c1)OCCO2)C(=O)O. The molecule has 0 spiro atoms. The Labute approximate surface area is 156 Å². The molecule has 3 N–H and O–H groups in total. The van der Waals surface area contributed by atoms with Gasteiger partial charge in [0.1, 0.15) is 19.3 Å². The van der Waals surface area contributed by atoms with Crippen molar-refractivity contribution in [2.24, 2.45) is 5.92 Å². The Balaban J connectivity index is 1.86. The van der Waals surface area contributed by atoms with E-state index in [1.54, 1.807) is 32.0 Å². The van der Waals surface area contributed by atoms with Crippen LogP contribution in [-0.2, 0) is 26.3 Å². The molecule has 0 aromatic heterocycles. The fourth-order valence-electron chi connectivity index (χ4n) is 2.93. The number of fused-ring (bicyclic) bond motifs is 1. The lowest BCUT2D eigenvalue weighted by Gasteiger charge is -2.26. The quantitative estimate of drug-likeness (QED) is 0.591. The van der Waals surface area contributed by atoms with E-state index >= 15 is 0 Å². The highest BCUT2D eigenvalue weighted by Crippen LogP contribution is 2.31. The number of carboxylic acids is 1. The van der Waals surface area contributed by atoms with Gasteiger partial charge in [-0.25, -0.2) is 4.72 Å². The van der Waals surface area contributed by atoms with Gasteiger partial charge >= 0.3 is 16.2 Å². The van der Waals surface area contributed by atoms with E-state index in [9.17, 15) is 23.1 Å². The van der Waals surface area contributed by atoms with Gasteiger partial charge in [-0.2, -0.15) is 12.7 Å². The third-order valence-electron chi connectivity index (χ3n) is 4.29. The molecular weight excluding hydrogens is 378 g/mol. The smallest absolute Gasteiger partial charge is 0.321 e. The summed E-state index contributed by atoms with van der Waals surface area (Å²) in [7, 11) is -4.10. The van der Waals surface area contributed by atoms with E-state index < -0.39 is 34.3 Å². The van der Waals surface area contributed by atoms with Gasteiger partial charge < -0.3 is 14.6 Å². The van der Waals surface area contributed by atoms with Crippen LogP contribution in [0.4, 0.5) is 0 Å². The molecule has 0 saturated carbocycles. The fourth-order valence-corrected chi connectivity index (χ4v) is 4.17. The lowest BCUT2D eigenvalue weighted by atomic mass is 10.0. The fraction of sp³-hybridized carbons (Fsp3) is 0.500. The number of amides is 1. The number of carboxylic acid groups (broad SMARTS) is 1. The molecule has 1 amide bonds. The molecule has 2 atom stereocenters. The maximum absolute atomic E-state index is 12.3. The number of nitrogens with one attached hydrogen (secondary N) is 2. The summed E-state index contributed by atoms with van der Waals surface area (Å²) in [4.78, 5) is 23.6. The van der Waals surface area contributed by atoms with Crippen LogP contribution in [0.15, 0.2) is 18.2 Å². The van der Waals surface area contributed by atoms with E-state index in [-0.39, 0.29) is 12.5 Å². The van der Waals surface area contributed by atoms with Crippen molar-refractivity contribution in [2.45, 2.75) is 32.6 Å². The molecule has 27 heavy (non-hydrogen) atoms. The summed E-state index contributed by atoms with van der Waals surface area (Å²) in [5, 5.41) is 12.0. The molecule has 1 aromatic rings. The molecule has 0 aliphatic carbocycles. The Hall–Kier alpha value is -2.37. The van der Waals surface area contributed by atoms with E-state index in [0.29, 0.717) is 30.3 Å². The Kier molecular flexibility index (Phi) is 5.27. The zero-order valence-corrected chi connectivity index (χ0v) is 15.7. The highest BCUT2D eigenvalue weighted by molar-refractivity contribution is 7.88. The number of aliphatic carboxylic acids is 1. The number of nitrogens with zero attached hydrogens (tertiary/aromatic N) is 1. The first-order valence-corrected chi connectivity index (χ1v) is 9.84. The Bertz CT molecular complexity index is 856. The molecule has 1 fully saturated rings. The first kappa shape index (κ1) is 19.4. The zero-order valence-electron chi connectivity index (χ0n) is 14.8. The minimum absolute atomic E-state index is 0.139. The van der Waals surface area contributed by atoms with Gasteiger partial charge in [0.25, 0.3) is 5.91 Å². The first-order valence-electron chi connectivity index (χ1n) is 8.40. The van der Waals surface area contributed by atoms with Crippen molar-refractivity contribution < 1.29 is 32.6 Å². The molecule has 2 aliphatic heterocycles. The van der Waals surface area contributed by atoms with Gasteiger partial charge in [-0.3, -0.25) is 14.9 Å². The number of carbonyl (C=O) groups excluding carboxylic acids is 1. The van der Waals surface area contributed by atoms with Crippen LogP contribution in [-0.4, -0.2) is 55.1 Å². The van der Waals surface area contributed by atoms with Crippen molar-refractivity contribution in [1.82, 2.24) is 14.3 Å². The highest BCUT2D eigenvalue weighted by Gasteiger charge is 2.45. The van der Waals surface area contributed by atoms with Crippen LogP contribution in [0.3, 0.4) is 0 Å². The van der Waals surface area contributed by atoms with Gasteiger partial charge in [0.15, 0.2) is 17.7 Å². The number of carbonyl (C=O) groups is 2. The summed E-state index contributed by atoms with van der Waals surface area (Å²) in [5.41, 5.74) is 0.572. The minimum Gasteiger partial charge on any atom is -0.486 e. The maximum atomic E-state index is 12.3. The molecule has 10 nitrogen and oxygen atoms in total. The predicted molar refractivity (Wildman–Crippen MR) is 93.2 cm³/mol. The van der Waals surface area contributed by atoms with Gasteiger partial charge in [0, 0.05) is 6.54 Å². The number of hydrogen-bond acceptors (Lipinski definition) is 7. The third-order valence-corrected chi connectivity index (χ3v) is 5.71. The van der Waals surface area contributed by atoms with Crippen molar-refractivity contribution in [1.29, 1.82) is 0 Å². The largest absolute Gasteiger partial charge is 0.486 e. The second-order valence-corrected chi connectivity index (χ2v) is 8.25. The Morgan fingerprint density at radius 1 is 1.33 bits per heavy atom. The van der Waals surface area contributed by atoms with E-state index in [4.69, 9.17) is 9.47 Å². The number of benzene rings is 1. The van der Waals surface area contributed by atoms with Crippen molar-refractivity contribution >= 4 is 22.1 Å². The van der Waals surface area contributed by atoms with Crippen LogP contribution in [0.5, 0.6) is 11.5 Å². The van der Waals surface area contributed by atoms with Gasteiger partial charge in [-0.15, -0.1) is 0 Å². The minimum atomic E-state index is -4.10. The predicted octanol–water partition coefficient (Wildman–Crippen LogP) is -0.341. The summed E-state index contributed by atoms with van der Waals surface area (Å²) < 4.78 is 38.4. The number of hydrogen-bond donors (Lipinski definition) is 3. The van der Waals surface area contributed by atoms with Crippen LogP contribution in [0.2, 0.25) is 0 Å². The van der Waals surface area contributed by atoms with Crippen molar-refractivity contribution in [3.05, 3.63) is 23.8 Å². The van der Waals surface area contributed by atoms with Crippen molar-refractivity contribution in [2.75, 3.05) is 13.2 Å². The van der Waals surface area contributed by atoms with Crippen molar-refractivity contribution in [3.63, 3.8) is 0 Å². The molecule has 0 unspecified atom stereocenters. The second kappa shape index (κ2) is 7.33. The number of ether oxygens (including phenoxy) is 2. The highest BCUT2D eigenvalue weighted by atomic mass is 32.2. The monoisotopic (exact) mass is 399 g/mol. The normalized spacial score (nSPS) is 22.5. The molecule has 0 radical (unpaired) electrons. The zero-order chi connectivity index (χ0) is 19.8. The number of rotatable bonds is 6. The van der Waals surface area contributed by atoms with Gasteiger partial charge in [-0.1, -0.05) is 19.9 Å². The summed E-state index contributed by atoms with van der Waals surface area (Å²) in [6.07, 6.45) is -1.33. The topological polar surface area (TPSA) is 134 Å². The summed E-state index contributed by atoms with van der Waals surface area (Å²) in [6, 6.07) is 3.89. The average molecular weight is 399 g/mol. The average Bonchev–Trinajstić information content (AvgIpc) is 2.80. The van der Waals surface area contributed by atoms with Crippen LogP contribution < -0.4 is 19.5 Å². The maximum Gasteiger partial charge on any atom is 0.321 e. The molecule has 0 bridgehead atoms. The van der Waals surface area contributed by atoms with Crippen molar-refractivity contribution in [3.8, 4) is 11.5 Å². The van der Waals surface area contributed by atoms with Crippen LogP contribution >= 0.6 is 0 Å². The van der Waals surface area contributed by atoms with Crippen LogP contribution in [0.25, 0.3) is 0 Å². The lowest BCUT2D eigenvalue weighted by molar-refractivity contribution is -0.141. The third kappa shape index (κ3) is 3.99. The van der Waals surface area contributed by atoms with E-state index in [1.807, 2.05) is 4.72 Å². The molecule has 1 saturated heterocycles. The van der Waals surface area contributed by atoms with Gasteiger partial charge in [0.2, 0.25) is 0 Å². The summed E-state index contributed by atoms with van der Waals surface area (Å²) >= 11 is 0. The van der Waals surface area contributed by atoms with E-state index in [0.717, 1.165) is 4.31 Å². The van der Waals surface area contributed by atoms with Crippen LogP contribution in [0.1, 0.15) is 19.4 Å². The summed E-state index contributed by atoms with van der Waals surface area (Å²) in [6.45, 7) is 4.01.